The summed E-state index contributed by atoms with van der Waals surface area (Å²) in [6.45, 7) is 4.64. The van der Waals surface area contributed by atoms with Gasteiger partial charge in [0.2, 0.25) is 0 Å². The Morgan fingerprint density at radius 1 is 1.21 bits per heavy atom. The Morgan fingerprint density at radius 2 is 1.86 bits per heavy atom. The summed E-state index contributed by atoms with van der Waals surface area (Å²) < 4.78 is 0. The van der Waals surface area contributed by atoms with Gasteiger partial charge in [-0.3, -0.25) is 0 Å². The van der Waals surface area contributed by atoms with E-state index in [9.17, 15) is 0 Å². The van der Waals surface area contributed by atoms with Crippen LogP contribution in [0.3, 0.4) is 0 Å². The summed E-state index contributed by atoms with van der Waals surface area (Å²) in [7, 11) is 2.07. The van der Waals surface area contributed by atoms with Gasteiger partial charge in [0.15, 0.2) is 0 Å². The second-order valence-corrected chi connectivity index (χ2v) is 4.27. The van der Waals surface area contributed by atoms with Crippen LogP contribution in [0.1, 0.15) is 43.4 Å². The monoisotopic (exact) mass is 189 g/mol. The highest BCUT2D eigenvalue weighted by atomic mass is 14.9. The zero-order chi connectivity index (χ0) is 10.1. The van der Waals surface area contributed by atoms with Crippen LogP contribution >= 0.6 is 0 Å². The molecule has 3 atom stereocenters. The number of hydrogen-bond donors (Lipinski definition) is 1. The third kappa shape index (κ3) is 1.27. The first-order valence-electron chi connectivity index (χ1n) is 5.55. The molecule has 0 radical (unpaired) electrons. The van der Waals surface area contributed by atoms with Gasteiger partial charge in [-0.1, -0.05) is 38.1 Å². The maximum absolute atomic E-state index is 3.43. The second kappa shape index (κ2) is 3.74. The van der Waals surface area contributed by atoms with E-state index in [2.05, 4.69) is 50.5 Å². The average Bonchev–Trinajstić information content (AvgIpc) is 2.49. The molecular formula is C13H19N. The van der Waals surface area contributed by atoms with Crippen LogP contribution in [0, 0.1) is 5.92 Å². The van der Waals surface area contributed by atoms with Gasteiger partial charge in [-0.15, -0.1) is 0 Å². The Bertz CT molecular complexity index is 288. The molecule has 1 nitrogen and oxygen atoms in total. The first-order chi connectivity index (χ1) is 6.79. The molecule has 14 heavy (non-hydrogen) atoms. The van der Waals surface area contributed by atoms with Gasteiger partial charge in [0.25, 0.3) is 0 Å². The number of fused-ring (bicyclic) bond motifs is 1. The molecule has 1 aliphatic rings. The Labute approximate surface area is 86.5 Å². The van der Waals surface area contributed by atoms with Crippen LogP contribution in [0.5, 0.6) is 0 Å². The van der Waals surface area contributed by atoms with E-state index in [1.165, 1.54) is 12.0 Å². The van der Waals surface area contributed by atoms with Gasteiger partial charge >= 0.3 is 0 Å². The Hall–Kier alpha value is -0.820. The number of rotatable bonds is 2. The lowest BCUT2D eigenvalue weighted by atomic mass is 9.90. The van der Waals surface area contributed by atoms with Crippen LogP contribution in [0.25, 0.3) is 0 Å². The number of hydrogen-bond acceptors (Lipinski definition) is 1. The molecule has 1 N–H and O–H groups in total. The van der Waals surface area contributed by atoms with Crippen molar-refractivity contribution in [3.8, 4) is 0 Å². The zero-order valence-electron chi connectivity index (χ0n) is 9.25. The van der Waals surface area contributed by atoms with E-state index in [4.69, 9.17) is 0 Å². The lowest BCUT2D eigenvalue weighted by Crippen LogP contribution is -2.20. The van der Waals surface area contributed by atoms with Gasteiger partial charge in [0.1, 0.15) is 0 Å². The van der Waals surface area contributed by atoms with Gasteiger partial charge in [-0.2, -0.15) is 0 Å². The summed E-state index contributed by atoms with van der Waals surface area (Å²) in [5.41, 5.74) is 3.07. The molecule has 1 aliphatic carbocycles. The molecule has 0 aromatic heterocycles. The predicted octanol–water partition coefficient (Wildman–Crippen LogP) is 3.09. The summed E-state index contributed by atoms with van der Waals surface area (Å²) in [4.78, 5) is 0. The standard InChI is InChI=1S/C13H19N/c1-4-10-9(2)13(14-3)12-8-6-5-7-11(10)12/h5-10,13-14H,4H2,1-3H3. The van der Waals surface area contributed by atoms with E-state index in [1.807, 2.05) is 0 Å². The van der Waals surface area contributed by atoms with Crippen LogP contribution in [0.4, 0.5) is 0 Å². The van der Waals surface area contributed by atoms with Gasteiger partial charge in [-0.25, -0.2) is 0 Å². The molecule has 0 fully saturated rings. The molecule has 0 aliphatic heterocycles. The van der Waals surface area contributed by atoms with Crippen LogP contribution in [0.15, 0.2) is 24.3 Å². The smallest absolute Gasteiger partial charge is 0.0352 e. The van der Waals surface area contributed by atoms with Crippen molar-refractivity contribution in [2.45, 2.75) is 32.2 Å². The molecule has 0 saturated carbocycles. The van der Waals surface area contributed by atoms with Crippen molar-refractivity contribution in [2.24, 2.45) is 5.92 Å². The highest BCUT2D eigenvalue weighted by molar-refractivity contribution is 5.39. The van der Waals surface area contributed by atoms with Crippen LogP contribution in [-0.2, 0) is 0 Å². The topological polar surface area (TPSA) is 12.0 Å². The largest absolute Gasteiger partial charge is 0.313 e. The Balaban J connectivity index is 2.45. The van der Waals surface area contributed by atoms with E-state index < -0.39 is 0 Å². The first kappa shape index (κ1) is 9.72. The molecule has 3 unspecified atom stereocenters. The number of nitrogens with one attached hydrogen (secondary N) is 1. The third-order valence-electron chi connectivity index (χ3n) is 3.64. The summed E-state index contributed by atoms with van der Waals surface area (Å²) in [6, 6.07) is 9.41. The van der Waals surface area contributed by atoms with Gasteiger partial charge in [-0.05, 0) is 36.4 Å². The van der Waals surface area contributed by atoms with E-state index in [0.29, 0.717) is 6.04 Å². The van der Waals surface area contributed by atoms with Crippen LogP contribution in [-0.4, -0.2) is 7.05 Å². The van der Waals surface area contributed by atoms with E-state index >= 15 is 0 Å². The van der Waals surface area contributed by atoms with Gasteiger partial charge in [0.05, 0.1) is 0 Å². The summed E-state index contributed by atoms with van der Waals surface area (Å²) in [6.07, 6.45) is 1.25. The van der Waals surface area contributed by atoms with Gasteiger partial charge < -0.3 is 5.32 Å². The fourth-order valence-corrected chi connectivity index (χ4v) is 2.94. The maximum Gasteiger partial charge on any atom is 0.0352 e. The molecule has 76 valence electrons. The molecule has 1 aromatic carbocycles. The maximum atomic E-state index is 3.43. The molecule has 1 heteroatoms. The minimum atomic E-state index is 0.552. The highest BCUT2D eigenvalue weighted by Crippen LogP contribution is 2.45. The van der Waals surface area contributed by atoms with Crippen molar-refractivity contribution in [1.29, 1.82) is 0 Å². The normalized spacial score (nSPS) is 30.4. The van der Waals surface area contributed by atoms with Crippen LogP contribution in [0.2, 0.25) is 0 Å². The zero-order valence-corrected chi connectivity index (χ0v) is 9.25. The van der Waals surface area contributed by atoms with Crippen molar-refractivity contribution in [3.63, 3.8) is 0 Å². The molecular weight excluding hydrogens is 170 g/mol. The van der Waals surface area contributed by atoms with Crippen LogP contribution < -0.4 is 5.32 Å². The fraction of sp³-hybridized carbons (Fsp3) is 0.538. The van der Waals surface area contributed by atoms with E-state index in [-0.39, 0.29) is 0 Å². The number of benzene rings is 1. The van der Waals surface area contributed by atoms with E-state index in [0.717, 1.165) is 11.8 Å². The van der Waals surface area contributed by atoms with Crippen molar-refractivity contribution in [3.05, 3.63) is 35.4 Å². The minimum absolute atomic E-state index is 0.552. The minimum Gasteiger partial charge on any atom is -0.313 e. The second-order valence-electron chi connectivity index (χ2n) is 4.27. The SMILES string of the molecule is CCC1c2ccccc2C(NC)C1C. The Kier molecular flexibility index (Phi) is 2.60. The van der Waals surface area contributed by atoms with Crippen molar-refractivity contribution in [2.75, 3.05) is 7.05 Å². The fourth-order valence-electron chi connectivity index (χ4n) is 2.94. The molecule has 0 amide bonds. The van der Waals surface area contributed by atoms with Gasteiger partial charge in [0, 0.05) is 6.04 Å². The molecule has 2 rings (SSSR count). The summed E-state index contributed by atoms with van der Waals surface area (Å²) in [5, 5.41) is 3.43. The summed E-state index contributed by atoms with van der Waals surface area (Å²) >= 11 is 0. The molecule has 0 saturated heterocycles. The predicted molar refractivity (Wildman–Crippen MR) is 60.4 cm³/mol. The van der Waals surface area contributed by atoms with Crippen molar-refractivity contribution < 1.29 is 0 Å². The molecule has 0 spiro atoms. The quantitative estimate of drug-likeness (QED) is 0.754. The molecule has 0 bridgehead atoms. The third-order valence-corrected chi connectivity index (χ3v) is 3.64. The average molecular weight is 189 g/mol. The van der Waals surface area contributed by atoms with E-state index in [1.54, 1.807) is 5.56 Å². The first-order valence-corrected chi connectivity index (χ1v) is 5.55. The van der Waals surface area contributed by atoms with Crippen molar-refractivity contribution >= 4 is 0 Å². The molecule has 1 aromatic rings. The van der Waals surface area contributed by atoms with Crippen molar-refractivity contribution in [1.82, 2.24) is 5.32 Å². The molecule has 0 heterocycles. The highest BCUT2D eigenvalue weighted by Gasteiger charge is 2.35. The Morgan fingerprint density at radius 3 is 2.43 bits per heavy atom. The summed E-state index contributed by atoms with van der Waals surface area (Å²) in [5.74, 6) is 1.46. The lowest BCUT2D eigenvalue weighted by Gasteiger charge is -2.19. The lowest BCUT2D eigenvalue weighted by molar-refractivity contribution is 0.380.